The number of para-hydroxylation sites is 1. The molecule has 1 N–H and O–H groups in total. The monoisotopic (exact) mass is 354 g/mol. The number of anilines is 1. The Labute approximate surface area is 147 Å². The van der Waals surface area contributed by atoms with Crippen molar-refractivity contribution in [1.29, 1.82) is 0 Å². The third-order valence-electron chi connectivity index (χ3n) is 3.87. The van der Waals surface area contributed by atoms with Crippen LogP contribution in [0.5, 0.6) is 11.5 Å². The predicted molar refractivity (Wildman–Crippen MR) is 90.1 cm³/mol. The normalized spacial score (nSPS) is 13.4. The van der Waals surface area contributed by atoms with Gasteiger partial charge in [0.05, 0.1) is 5.56 Å². The number of ether oxygens (including phenoxy) is 3. The van der Waals surface area contributed by atoms with E-state index in [2.05, 4.69) is 10.3 Å². The first-order valence-electron chi connectivity index (χ1n) is 7.85. The molecule has 0 spiro atoms. The highest BCUT2D eigenvalue weighted by Gasteiger charge is 2.22. The van der Waals surface area contributed by atoms with Crippen molar-refractivity contribution in [2.75, 3.05) is 12.1 Å². The van der Waals surface area contributed by atoms with Gasteiger partial charge in [-0.1, -0.05) is 6.07 Å². The summed E-state index contributed by atoms with van der Waals surface area (Å²) < 4.78 is 20.9. The number of hydrogen-bond acceptors (Lipinski definition) is 7. The molecule has 0 fully saturated rings. The van der Waals surface area contributed by atoms with Crippen LogP contribution in [-0.4, -0.2) is 29.8 Å². The number of rotatable bonds is 4. The van der Waals surface area contributed by atoms with E-state index >= 15 is 0 Å². The predicted octanol–water partition coefficient (Wildman–Crippen LogP) is 2.74. The van der Waals surface area contributed by atoms with Crippen molar-refractivity contribution in [1.82, 2.24) is 4.98 Å². The fourth-order valence-corrected chi connectivity index (χ4v) is 2.55. The first kappa shape index (κ1) is 15.9. The SMILES string of the molecule is CC(OC(=O)c1cccc2ocnc12)C(=O)Nc1ccc2c(c1)OCO2. The second-order valence-electron chi connectivity index (χ2n) is 5.61. The van der Waals surface area contributed by atoms with Gasteiger partial charge in [0.25, 0.3) is 5.91 Å². The first-order chi connectivity index (χ1) is 12.6. The summed E-state index contributed by atoms with van der Waals surface area (Å²) >= 11 is 0. The maximum Gasteiger partial charge on any atom is 0.341 e. The summed E-state index contributed by atoms with van der Waals surface area (Å²) in [6.07, 6.45) is 0.243. The molecule has 0 bridgehead atoms. The zero-order chi connectivity index (χ0) is 18.1. The highest BCUT2D eigenvalue weighted by atomic mass is 16.7. The molecule has 3 aromatic rings. The summed E-state index contributed by atoms with van der Waals surface area (Å²) in [5.41, 5.74) is 1.61. The van der Waals surface area contributed by atoms with Crippen molar-refractivity contribution in [3.63, 3.8) is 0 Å². The van der Waals surface area contributed by atoms with E-state index in [0.717, 1.165) is 0 Å². The second kappa shape index (κ2) is 6.40. The number of esters is 1. The van der Waals surface area contributed by atoms with E-state index in [9.17, 15) is 9.59 Å². The van der Waals surface area contributed by atoms with Crippen molar-refractivity contribution in [3.05, 3.63) is 48.4 Å². The van der Waals surface area contributed by atoms with Crippen LogP contribution >= 0.6 is 0 Å². The zero-order valence-corrected chi connectivity index (χ0v) is 13.7. The molecular formula is C18H14N2O6. The number of nitrogens with zero attached hydrogens (tertiary/aromatic N) is 1. The Hall–Kier alpha value is -3.55. The van der Waals surface area contributed by atoms with Crippen LogP contribution in [0.25, 0.3) is 11.1 Å². The molecule has 1 aliphatic rings. The summed E-state index contributed by atoms with van der Waals surface area (Å²) in [6, 6.07) is 9.92. The van der Waals surface area contributed by atoms with E-state index in [1.54, 1.807) is 36.4 Å². The molecule has 26 heavy (non-hydrogen) atoms. The molecule has 0 saturated heterocycles. The summed E-state index contributed by atoms with van der Waals surface area (Å²) in [6.45, 7) is 1.64. The second-order valence-corrected chi connectivity index (χ2v) is 5.61. The molecule has 1 aromatic heterocycles. The Morgan fingerprint density at radius 2 is 2.04 bits per heavy atom. The molecule has 8 heteroatoms. The number of benzene rings is 2. The lowest BCUT2D eigenvalue weighted by atomic mass is 10.2. The highest BCUT2D eigenvalue weighted by Crippen LogP contribution is 2.34. The summed E-state index contributed by atoms with van der Waals surface area (Å²) in [5, 5.41) is 2.67. The Morgan fingerprint density at radius 3 is 2.92 bits per heavy atom. The van der Waals surface area contributed by atoms with Gasteiger partial charge >= 0.3 is 5.97 Å². The van der Waals surface area contributed by atoms with Gasteiger partial charge in [0.2, 0.25) is 6.79 Å². The fraction of sp³-hybridized carbons (Fsp3) is 0.167. The van der Waals surface area contributed by atoms with Crippen molar-refractivity contribution >= 4 is 28.7 Å². The zero-order valence-electron chi connectivity index (χ0n) is 13.7. The van der Waals surface area contributed by atoms with Crippen LogP contribution in [-0.2, 0) is 9.53 Å². The fourth-order valence-electron chi connectivity index (χ4n) is 2.55. The van der Waals surface area contributed by atoms with Gasteiger partial charge in [0.15, 0.2) is 29.6 Å². The maximum atomic E-state index is 12.4. The largest absolute Gasteiger partial charge is 0.454 e. The van der Waals surface area contributed by atoms with Crippen LogP contribution in [0, 0.1) is 0 Å². The maximum absolute atomic E-state index is 12.4. The Balaban J connectivity index is 1.44. The van der Waals surface area contributed by atoms with E-state index in [0.29, 0.717) is 28.3 Å². The topological polar surface area (TPSA) is 99.9 Å². The summed E-state index contributed by atoms with van der Waals surface area (Å²) in [5.74, 6) is 0.0377. The number of carbonyl (C=O) groups excluding carboxylic acids is 2. The van der Waals surface area contributed by atoms with Gasteiger partial charge in [-0.15, -0.1) is 0 Å². The average molecular weight is 354 g/mol. The molecule has 8 nitrogen and oxygen atoms in total. The average Bonchev–Trinajstić information content (AvgIpc) is 3.29. The molecule has 132 valence electrons. The minimum absolute atomic E-state index is 0.147. The quantitative estimate of drug-likeness (QED) is 0.719. The van der Waals surface area contributed by atoms with Gasteiger partial charge in [-0.3, -0.25) is 4.79 Å². The molecule has 0 aliphatic carbocycles. The molecule has 2 aromatic carbocycles. The standard InChI is InChI=1S/C18H14N2O6/c1-10(17(21)20-11-5-6-13-15(7-11)25-9-24-13)26-18(22)12-3-2-4-14-16(12)19-8-23-14/h2-8,10H,9H2,1H3,(H,20,21). The smallest absolute Gasteiger partial charge is 0.341 e. The van der Waals surface area contributed by atoms with Crippen LogP contribution in [0.3, 0.4) is 0 Å². The minimum Gasteiger partial charge on any atom is -0.454 e. The van der Waals surface area contributed by atoms with Crippen molar-refractivity contribution in [2.45, 2.75) is 13.0 Å². The minimum atomic E-state index is -1.00. The van der Waals surface area contributed by atoms with Crippen LogP contribution < -0.4 is 14.8 Å². The van der Waals surface area contributed by atoms with Gasteiger partial charge in [-0.05, 0) is 31.2 Å². The summed E-state index contributed by atoms with van der Waals surface area (Å²) in [7, 11) is 0. The lowest BCUT2D eigenvalue weighted by Crippen LogP contribution is -2.30. The highest BCUT2D eigenvalue weighted by molar-refractivity contribution is 6.03. The molecule has 1 atom stereocenters. The van der Waals surface area contributed by atoms with Crippen molar-refractivity contribution < 1.29 is 28.2 Å². The molecule has 1 amide bonds. The number of amides is 1. The number of fused-ring (bicyclic) bond motifs is 2. The van der Waals surface area contributed by atoms with E-state index < -0.39 is 18.0 Å². The molecule has 4 rings (SSSR count). The van der Waals surface area contributed by atoms with Crippen LogP contribution in [0.1, 0.15) is 17.3 Å². The number of hydrogen-bond donors (Lipinski definition) is 1. The Bertz CT molecular complexity index is 996. The molecule has 0 saturated carbocycles. The van der Waals surface area contributed by atoms with Gasteiger partial charge < -0.3 is 23.9 Å². The van der Waals surface area contributed by atoms with Crippen LogP contribution in [0.2, 0.25) is 0 Å². The third kappa shape index (κ3) is 2.92. The third-order valence-corrected chi connectivity index (χ3v) is 3.87. The molecule has 0 radical (unpaired) electrons. The van der Waals surface area contributed by atoms with Crippen LogP contribution in [0.4, 0.5) is 5.69 Å². The van der Waals surface area contributed by atoms with E-state index in [1.807, 2.05) is 0 Å². The first-order valence-corrected chi connectivity index (χ1v) is 7.85. The number of carbonyl (C=O) groups is 2. The van der Waals surface area contributed by atoms with Gasteiger partial charge in [-0.25, -0.2) is 9.78 Å². The summed E-state index contributed by atoms with van der Waals surface area (Å²) in [4.78, 5) is 28.7. The van der Waals surface area contributed by atoms with Crippen molar-refractivity contribution in [2.24, 2.45) is 0 Å². The van der Waals surface area contributed by atoms with Crippen molar-refractivity contribution in [3.8, 4) is 11.5 Å². The number of nitrogens with one attached hydrogen (secondary N) is 1. The number of oxazole rings is 1. The molecular weight excluding hydrogens is 340 g/mol. The Kier molecular flexibility index (Phi) is 3.92. The lowest BCUT2D eigenvalue weighted by molar-refractivity contribution is -0.123. The molecule has 1 unspecified atom stereocenters. The van der Waals surface area contributed by atoms with Gasteiger partial charge in [-0.2, -0.15) is 0 Å². The van der Waals surface area contributed by atoms with E-state index in [4.69, 9.17) is 18.6 Å². The van der Waals surface area contributed by atoms with E-state index in [-0.39, 0.29) is 12.4 Å². The Morgan fingerprint density at radius 1 is 1.19 bits per heavy atom. The molecule has 2 heterocycles. The van der Waals surface area contributed by atoms with Gasteiger partial charge in [0, 0.05) is 11.8 Å². The van der Waals surface area contributed by atoms with E-state index in [1.165, 1.54) is 13.3 Å². The number of aromatic nitrogens is 1. The van der Waals surface area contributed by atoms with Gasteiger partial charge in [0.1, 0.15) is 5.52 Å². The lowest BCUT2D eigenvalue weighted by Gasteiger charge is -2.14. The van der Waals surface area contributed by atoms with Crippen LogP contribution in [0.15, 0.2) is 47.2 Å². The molecule has 1 aliphatic heterocycles.